The lowest BCUT2D eigenvalue weighted by Crippen LogP contribution is -2.14. The van der Waals surface area contributed by atoms with Crippen LogP contribution in [-0.2, 0) is 29.7 Å². The maximum atomic E-state index is 12.4. The van der Waals surface area contributed by atoms with Crippen molar-refractivity contribution in [3.05, 3.63) is 90.0 Å². The zero-order chi connectivity index (χ0) is 22.3. The summed E-state index contributed by atoms with van der Waals surface area (Å²) in [5, 5.41) is 3.35. The molecule has 0 fully saturated rings. The zero-order valence-corrected chi connectivity index (χ0v) is 18.7. The van der Waals surface area contributed by atoms with Crippen molar-refractivity contribution in [2.24, 2.45) is 5.16 Å². The predicted molar refractivity (Wildman–Crippen MR) is 122 cm³/mol. The molecule has 0 aliphatic rings. The molecule has 3 aromatic rings. The molecular weight excluding hydrogens is 434 g/mol. The largest absolute Gasteiger partial charge is 0.464 e. The number of hydrogen-bond donors (Lipinski definition) is 0. The summed E-state index contributed by atoms with van der Waals surface area (Å²) >= 11 is 0.963. The number of oxime groups is 1. The van der Waals surface area contributed by atoms with Gasteiger partial charge in [-0.2, -0.15) is 8.42 Å². The highest BCUT2D eigenvalue weighted by atomic mass is 32.2. The van der Waals surface area contributed by atoms with Gasteiger partial charge in [0, 0.05) is 4.90 Å². The molecule has 0 aliphatic carbocycles. The molecular formula is C23H21NO5S2. The van der Waals surface area contributed by atoms with Crippen molar-refractivity contribution in [1.29, 1.82) is 0 Å². The van der Waals surface area contributed by atoms with E-state index in [1.54, 1.807) is 24.3 Å². The van der Waals surface area contributed by atoms with Crippen LogP contribution in [0.15, 0.2) is 88.9 Å². The molecule has 0 saturated heterocycles. The lowest BCUT2D eigenvalue weighted by Gasteiger charge is -2.07. The van der Waals surface area contributed by atoms with Gasteiger partial charge in [-0.3, -0.25) is 4.28 Å². The minimum absolute atomic E-state index is 0.214. The Bertz CT molecular complexity index is 1160. The van der Waals surface area contributed by atoms with E-state index in [0.29, 0.717) is 10.5 Å². The highest BCUT2D eigenvalue weighted by molar-refractivity contribution is 8.15. The number of carbonyl (C=O) groups excluding carboxylic acids is 1. The van der Waals surface area contributed by atoms with Crippen LogP contribution in [0.3, 0.4) is 0 Å². The van der Waals surface area contributed by atoms with Gasteiger partial charge in [-0.05, 0) is 35.7 Å². The van der Waals surface area contributed by atoms with Crippen LogP contribution in [0.1, 0.15) is 11.1 Å². The molecule has 8 heteroatoms. The Balaban J connectivity index is 1.70. The first-order valence-electron chi connectivity index (χ1n) is 9.33. The maximum absolute atomic E-state index is 12.4. The third-order valence-electron chi connectivity index (χ3n) is 4.23. The molecule has 0 amide bonds. The van der Waals surface area contributed by atoms with Crippen LogP contribution in [0, 0.1) is 6.92 Å². The topological polar surface area (TPSA) is 82.0 Å². The number of hydrogen-bond acceptors (Lipinski definition) is 7. The van der Waals surface area contributed by atoms with Gasteiger partial charge in [0.1, 0.15) is 5.75 Å². The van der Waals surface area contributed by atoms with Crippen molar-refractivity contribution in [2.45, 2.75) is 17.6 Å². The molecule has 6 nitrogen and oxygen atoms in total. The van der Waals surface area contributed by atoms with Gasteiger partial charge >= 0.3 is 16.1 Å². The fourth-order valence-electron chi connectivity index (χ4n) is 2.65. The number of aryl methyl sites for hydroxylation is 1. The Morgan fingerprint density at radius 2 is 1.52 bits per heavy atom. The molecule has 160 valence electrons. The molecule has 3 aromatic carbocycles. The van der Waals surface area contributed by atoms with Crippen LogP contribution in [0.2, 0.25) is 0 Å². The van der Waals surface area contributed by atoms with Crippen LogP contribution < -0.4 is 0 Å². The SMILES string of the molecule is COC(=O)C(=NOS(=O)(=O)Cc1ccc(-c2ccccc2)cc1)Sc1ccc(C)cc1. The van der Waals surface area contributed by atoms with E-state index in [0.717, 1.165) is 28.5 Å². The summed E-state index contributed by atoms with van der Waals surface area (Å²) < 4.78 is 34.2. The summed E-state index contributed by atoms with van der Waals surface area (Å²) in [5.41, 5.74) is 3.61. The van der Waals surface area contributed by atoms with E-state index in [9.17, 15) is 13.2 Å². The second-order valence-electron chi connectivity index (χ2n) is 6.64. The molecule has 0 N–H and O–H groups in total. The summed E-state index contributed by atoms with van der Waals surface area (Å²) in [7, 11) is -2.87. The van der Waals surface area contributed by atoms with Gasteiger partial charge in [-0.15, -0.1) is 0 Å². The normalized spacial score (nSPS) is 11.7. The minimum Gasteiger partial charge on any atom is -0.464 e. The van der Waals surface area contributed by atoms with Crippen molar-refractivity contribution >= 4 is 32.9 Å². The highest BCUT2D eigenvalue weighted by Crippen LogP contribution is 2.23. The smallest absolute Gasteiger partial charge is 0.367 e. The number of rotatable bonds is 6. The molecule has 0 heterocycles. The number of esters is 1. The monoisotopic (exact) mass is 455 g/mol. The van der Waals surface area contributed by atoms with Crippen LogP contribution in [0.25, 0.3) is 11.1 Å². The zero-order valence-electron chi connectivity index (χ0n) is 17.0. The molecule has 0 aliphatic heterocycles. The fraction of sp³-hybridized carbons (Fsp3) is 0.130. The molecule has 0 radical (unpaired) electrons. The van der Waals surface area contributed by atoms with E-state index in [1.165, 1.54) is 7.11 Å². The van der Waals surface area contributed by atoms with Gasteiger partial charge in [-0.1, -0.05) is 89.2 Å². The molecule has 0 spiro atoms. The van der Waals surface area contributed by atoms with Crippen LogP contribution in [0.4, 0.5) is 0 Å². The Morgan fingerprint density at radius 1 is 0.903 bits per heavy atom. The first kappa shape index (κ1) is 22.6. The number of thioether (sulfide) groups is 1. The van der Waals surface area contributed by atoms with Crippen LogP contribution >= 0.6 is 11.8 Å². The van der Waals surface area contributed by atoms with Gasteiger partial charge in [-0.25, -0.2) is 4.79 Å². The predicted octanol–water partition coefficient (Wildman–Crippen LogP) is 4.79. The van der Waals surface area contributed by atoms with Gasteiger partial charge in [0.2, 0.25) is 5.04 Å². The fourth-order valence-corrected chi connectivity index (χ4v) is 4.27. The van der Waals surface area contributed by atoms with Crippen molar-refractivity contribution in [3.8, 4) is 11.1 Å². The second-order valence-corrected chi connectivity index (χ2v) is 9.26. The third-order valence-corrected chi connectivity index (χ3v) is 6.16. The number of carbonyl (C=O) groups is 1. The summed E-state index contributed by atoms with van der Waals surface area (Å²) in [6, 6.07) is 24.2. The van der Waals surface area contributed by atoms with E-state index in [1.807, 2.05) is 61.5 Å². The van der Waals surface area contributed by atoms with E-state index in [4.69, 9.17) is 4.28 Å². The first-order chi connectivity index (χ1) is 14.9. The van der Waals surface area contributed by atoms with Crippen molar-refractivity contribution in [3.63, 3.8) is 0 Å². The Hall–Kier alpha value is -3.10. The summed E-state index contributed by atoms with van der Waals surface area (Å²) in [5.74, 6) is -1.16. The number of ether oxygens (including phenoxy) is 1. The highest BCUT2D eigenvalue weighted by Gasteiger charge is 2.19. The minimum atomic E-state index is -4.06. The lowest BCUT2D eigenvalue weighted by atomic mass is 10.0. The van der Waals surface area contributed by atoms with Crippen molar-refractivity contribution in [2.75, 3.05) is 7.11 Å². The van der Waals surface area contributed by atoms with E-state index in [2.05, 4.69) is 9.89 Å². The third kappa shape index (κ3) is 6.70. The summed E-state index contributed by atoms with van der Waals surface area (Å²) in [4.78, 5) is 12.7. The standard InChI is InChI=1S/C23H21NO5S2/c1-17-8-14-21(15-9-17)30-22(23(25)28-2)24-29-31(26,27)16-18-10-12-20(13-11-18)19-6-4-3-5-7-19/h3-15H,16H2,1-2H3. The Labute approximate surface area is 186 Å². The lowest BCUT2D eigenvalue weighted by molar-refractivity contribution is -0.132. The quantitative estimate of drug-likeness (QED) is 0.175. The average molecular weight is 456 g/mol. The Morgan fingerprint density at radius 3 is 2.13 bits per heavy atom. The Kier molecular flexibility index (Phi) is 7.49. The van der Waals surface area contributed by atoms with E-state index < -0.39 is 16.1 Å². The van der Waals surface area contributed by atoms with Crippen molar-refractivity contribution < 1.29 is 22.2 Å². The van der Waals surface area contributed by atoms with Gasteiger partial charge in [0.25, 0.3) is 0 Å². The number of nitrogens with zero attached hydrogens (tertiary/aromatic N) is 1. The molecule has 0 aromatic heterocycles. The molecule has 0 unspecified atom stereocenters. The molecule has 3 rings (SSSR count). The summed E-state index contributed by atoms with van der Waals surface area (Å²) in [6.45, 7) is 1.94. The molecule has 31 heavy (non-hydrogen) atoms. The molecule has 0 bridgehead atoms. The van der Waals surface area contributed by atoms with Crippen LogP contribution in [0.5, 0.6) is 0 Å². The molecule has 0 atom stereocenters. The number of benzene rings is 3. The van der Waals surface area contributed by atoms with Gasteiger partial charge < -0.3 is 4.74 Å². The number of methoxy groups -OCH3 is 1. The second kappa shape index (κ2) is 10.3. The van der Waals surface area contributed by atoms with Gasteiger partial charge in [0.05, 0.1) is 7.11 Å². The van der Waals surface area contributed by atoms with Crippen molar-refractivity contribution in [1.82, 2.24) is 0 Å². The molecule has 0 saturated carbocycles. The van der Waals surface area contributed by atoms with E-state index >= 15 is 0 Å². The average Bonchev–Trinajstić information content (AvgIpc) is 2.78. The van der Waals surface area contributed by atoms with Crippen LogP contribution in [-0.4, -0.2) is 26.5 Å². The van der Waals surface area contributed by atoms with E-state index in [-0.39, 0.29) is 10.8 Å². The van der Waals surface area contributed by atoms with Gasteiger partial charge in [0.15, 0.2) is 0 Å². The first-order valence-corrected chi connectivity index (χ1v) is 11.7. The maximum Gasteiger partial charge on any atom is 0.367 e. The summed E-state index contributed by atoms with van der Waals surface area (Å²) in [6.07, 6.45) is 0.